The standard InChI is InChI=1S/C12H14N2O2S/c1-15-10-5-9(6-11(7-10)16-2)8-14-12-13-3-4-17-12/h3-7H,8H2,1-2H3,(H,13,14). The predicted octanol–water partition coefficient (Wildman–Crippen LogP) is 2.77. The molecule has 0 bridgehead atoms. The number of hydrogen-bond donors (Lipinski definition) is 1. The summed E-state index contributed by atoms with van der Waals surface area (Å²) in [6.45, 7) is 0.696. The molecule has 0 aliphatic carbocycles. The van der Waals surface area contributed by atoms with Gasteiger partial charge in [0, 0.05) is 24.2 Å². The van der Waals surface area contributed by atoms with Crippen LogP contribution in [0.25, 0.3) is 0 Å². The van der Waals surface area contributed by atoms with E-state index in [9.17, 15) is 0 Å². The molecule has 0 spiro atoms. The Labute approximate surface area is 104 Å². The molecule has 0 unspecified atom stereocenters. The molecule has 1 heterocycles. The first-order chi connectivity index (χ1) is 8.31. The van der Waals surface area contributed by atoms with E-state index in [1.165, 1.54) is 0 Å². The lowest BCUT2D eigenvalue weighted by atomic mass is 10.2. The molecule has 0 fully saturated rings. The van der Waals surface area contributed by atoms with Crippen LogP contribution in [-0.2, 0) is 6.54 Å². The minimum Gasteiger partial charge on any atom is -0.497 e. The van der Waals surface area contributed by atoms with E-state index in [1.807, 2.05) is 23.6 Å². The van der Waals surface area contributed by atoms with Crippen molar-refractivity contribution in [3.8, 4) is 11.5 Å². The van der Waals surface area contributed by atoms with Crippen LogP contribution in [0, 0.1) is 0 Å². The van der Waals surface area contributed by atoms with Crippen molar-refractivity contribution >= 4 is 16.5 Å². The van der Waals surface area contributed by atoms with Gasteiger partial charge in [-0.05, 0) is 17.7 Å². The molecule has 2 rings (SSSR count). The van der Waals surface area contributed by atoms with E-state index in [2.05, 4.69) is 10.3 Å². The molecule has 17 heavy (non-hydrogen) atoms. The lowest BCUT2D eigenvalue weighted by Crippen LogP contribution is -2.00. The molecule has 0 saturated carbocycles. The topological polar surface area (TPSA) is 43.4 Å². The van der Waals surface area contributed by atoms with E-state index < -0.39 is 0 Å². The minimum atomic E-state index is 0.696. The quantitative estimate of drug-likeness (QED) is 0.886. The van der Waals surface area contributed by atoms with Gasteiger partial charge in [0.1, 0.15) is 11.5 Å². The average molecular weight is 250 g/mol. The molecule has 0 amide bonds. The van der Waals surface area contributed by atoms with E-state index in [0.717, 1.165) is 22.2 Å². The number of thiazole rings is 1. The summed E-state index contributed by atoms with van der Waals surface area (Å²) in [4.78, 5) is 4.16. The van der Waals surface area contributed by atoms with Gasteiger partial charge >= 0.3 is 0 Å². The highest BCUT2D eigenvalue weighted by molar-refractivity contribution is 7.13. The summed E-state index contributed by atoms with van der Waals surface area (Å²) >= 11 is 1.58. The number of nitrogens with zero attached hydrogens (tertiary/aromatic N) is 1. The zero-order chi connectivity index (χ0) is 12.1. The first-order valence-corrected chi connectivity index (χ1v) is 6.05. The van der Waals surface area contributed by atoms with Gasteiger partial charge in [0.2, 0.25) is 0 Å². The first-order valence-electron chi connectivity index (χ1n) is 5.17. The summed E-state index contributed by atoms with van der Waals surface area (Å²) < 4.78 is 10.4. The van der Waals surface area contributed by atoms with Crippen LogP contribution in [0.2, 0.25) is 0 Å². The van der Waals surface area contributed by atoms with Crippen LogP contribution >= 0.6 is 11.3 Å². The highest BCUT2D eigenvalue weighted by Crippen LogP contribution is 2.23. The SMILES string of the molecule is COc1cc(CNc2nccs2)cc(OC)c1. The first kappa shape index (κ1) is 11.7. The Balaban J connectivity index is 2.09. The predicted molar refractivity (Wildman–Crippen MR) is 69.0 cm³/mol. The van der Waals surface area contributed by atoms with Gasteiger partial charge in [0.05, 0.1) is 14.2 Å². The molecule has 90 valence electrons. The maximum atomic E-state index is 5.21. The van der Waals surface area contributed by atoms with Gasteiger partial charge in [-0.2, -0.15) is 0 Å². The van der Waals surface area contributed by atoms with Crippen LogP contribution < -0.4 is 14.8 Å². The van der Waals surface area contributed by atoms with Crippen molar-refractivity contribution in [1.82, 2.24) is 4.98 Å². The van der Waals surface area contributed by atoms with Gasteiger partial charge in [-0.1, -0.05) is 0 Å². The normalized spacial score (nSPS) is 10.0. The van der Waals surface area contributed by atoms with Crippen LogP contribution in [0.3, 0.4) is 0 Å². The highest BCUT2D eigenvalue weighted by Gasteiger charge is 2.02. The summed E-state index contributed by atoms with van der Waals surface area (Å²) in [5.74, 6) is 1.58. The molecular formula is C12H14N2O2S. The molecular weight excluding hydrogens is 236 g/mol. The second-order valence-corrected chi connectivity index (χ2v) is 4.31. The van der Waals surface area contributed by atoms with Gasteiger partial charge in [-0.3, -0.25) is 0 Å². The summed E-state index contributed by atoms with van der Waals surface area (Å²) in [5.41, 5.74) is 1.09. The molecule has 2 aromatic rings. The van der Waals surface area contributed by atoms with Gasteiger partial charge in [0.15, 0.2) is 5.13 Å². The molecule has 5 heteroatoms. The van der Waals surface area contributed by atoms with Crippen molar-refractivity contribution in [3.63, 3.8) is 0 Å². The number of rotatable bonds is 5. The number of aromatic nitrogens is 1. The third kappa shape index (κ3) is 3.10. The van der Waals surface area contributed by atoms with Crippen molar-refractivity contribution in [3.05, 3.63) is 35.3 Å². The van der Waals surface area contributed by atoms with Crippen molar-refractivity contribution in [2.75, 3.05) is 19.5 Å². The monoisotopic (exact) mass is 250 g/mol. The third-order valence-electron chi connectivity index (χ3n) is 2.29. The van der Waals surface area contributed by atoms with E-state index in [4.69, 9.17) is 9.47 Å². The fourth-order valence-corrected chi connectivity index (χ4v) is 1.98. The molecule has 4 nitrogen and oxygen atoms in total. The van der Waals surface area contributed by atoms with Crippen molar-refractivity contribution in [2.24, 2.45) is 0 Å². The number of nitrogens with one attached hydrogen (secondary N) is 1. The Morgan fingerprint density at radius 1 is 1.18 bits per heavy atom. The van der Waals surface area contributed by atoms with Crippen molar-refractivity contribution in [1.29, 1.82) is 0 Å². The molecule has 1 aromatic carbocycles. The fourth-order valence-electron chi connectivity index (χ4n) is 1.46. The van der Waals surface area contributed by atoms with E-state index in [1.54, 1.807) is 31.8 Å². The Morgan fingerprint density at radius 2 is 1.88 bits per heavy atom. The Kier molecular flexibility index (Phi) is 3.82. The van der Waals surface area contributed by atoms with Gasteiger partial charge < -0.3 is 14.8 Å². The molecule has 1 N–H and O–H groups in total. The summed E-state index contributed by atoms with van der Waals surface area (Å²) in [7, 11) is 3.29. The smallest absolute Gasteiger partial charge is 0.182 e. The molecule has 0 radical (unpaired) electrons. The van der Waals surface area contributed by atoms with Gasteiger partial charge in [0.25, 0.3) is 0 Å². The Bertz CT molecular complexity index is 449. The van der Waals surface area contributed by atoms with Crippen LogP contribution in [0.1, 0.15) is 5.56 Å². The van der Waals surface area contributed by atoms with Gasteiger partial charge in [-0.15, -0.1) is 11.3 Å². The second kappa shape index (κ2) is 5.54. The fraction of sp³-hybridized carbons (Fsp3) is 0.250. The summed E-state index contributed by atoms with van der Waals surface area (Å²) in [6, 6.07) is 5.80. The Hall–Kier alpha value is -1.75. The molecule has 1 aromatic heterocycles. The molecule has 0 aliphatic heterocycles. The lowest BCUT2D eigenvalue weighted by molar-refractivity contribution is 0.393. The van der Waals surface area contributed by atoms with Crippen LogP contribution in [0.5, 0.6) is 11.5 Å². The Morgan fingerprint density at radius 3 is 2.41 bits per heavy atom. The molecule has 0 aliphatic rings. The summed E-state index contributed by atoms with van der Waals surface area (Å²) in [6.07, 6.45) is 1.78. The maximum Gasteiger partial charge on any atom is 0.182 e. The number of hydrogen-bond acceptors (Lipinski definition) is 5. The number of ether oxygens (including phenoxy) is 2. The number of methoxy groups -OCH3 is 2. The van der Waals surface area contributed by atoms with Crippen LogP contribution in [0.4, 0.5) is 5.13 Å². The molecule has 0 atom stereocenters. The lowest BCUT2D eigenvalue weighted by Gasteiger charge is -2.08. The van der Waals surface area contributed by atoms with E-state index in [0.29, 0.717) is 6.54 Å². The minimum absolute atomic E-state index is 0.696. The van der Waals surface area contributed by atoms with Gasteiger partial charge in [-0.25, -0.2) is 4.98 Å². The zero-order valence-electron chi connectivity index (χ0n) is 9.77. The third-order valence-corrected chi connectivity index (χ3v) is 3.02. The van der Waals surface area contributed by atoms with E-state index >= 15 is 0 Å². The molecule has 0 saturated heterocycles. The van der Waals surface area contributed by atoms with Crippen LogP contribution in [0.15, 0.2) is 29.8 Å². The van der Waals surface area contributed by atoms with Crippen molar-refractivity contribution in [2.45, 2.75) is 6.54 Å². The summed E-state index contributed by atoms with van der Waals surface area (Å²) in [5, 5.41) is 6.09. The highest BCUT2D eigenvalue weighted by atomic mass is 32.1. The largest absolute Gasteiger partial charge is 0.497 e. The second-order valence-electron chi connectivity index (χ2n) is 3.41. The average Bonchev–Trinajstić information content (AvgIpc) is 2.89. The van der Waals surface area contributed by atoms with Crippen LogP contribution in [-0.4, -0.2) is 19.2 Å². The van der Waals surface area contributed by atoms with E-state index in [-0.39, 0.29) is 0 Å². The van der Waals surface area contributed by atoms with Crippen molar-refractivity contribution < 1.29 is 9.47 Å². The maximum absolute atomic E-state index is 5.21. The number of anilines is 1. The zero-order valence-corrected chi connectivity index (χ0v) is 10.6. The number of benzene rings is 1.